The lowest BCUT2D eigenvalue weighted by Crippen LogP contribution is -2.26. The monoisotopic (exact) mass is 409 g/mol. The van der Waals surface area contributed by atoms with E-state index in [1.54, 1.807) is 12.2 Å². The zero-order valence-corrected chi connectivity index (χ0v) is 17.9. The second kappa shape index (κ2) is 12.7. The van der Waals surface area contributed by atoms with Gasteiger partial charge in [-0.15, -0.1) is 0 Å². The predicted octanol–water partition coefficient (Wildman–Crippen LogP) is 4.68. The maximum atomic E-state index is 12.7. The molecule has 2 rings (SSSR count). The smallest absolute Gasteiger partial charge is 0.251 e. The molecule has 5 nitrogen and oxygen atoms in total. The fourth-order valence-corrected chi connectivity index (χ4v) is 3.92. The van der Waals surface area contributed by atoms with Gasteiger partial charge in [-0.05, 0) is 49.3 Å². The Morgan fingerprint density at radius 3 is 2.53 bits per heavy atom. The first kappa shape index (κ1) is 23.5. The molecule has 0 unspecified atom stereocenters. The summed E-state index contributed by atoms with van der Waals surface area (Å²) in [5.74, 6) is 0.415. The van der Waals surface area contributed by atoms with E-state index in [-0.39, 0.29) is 11.8 Å². The van der Waals surface area contributed by atoms with Gasteiger partial charge >= 0.3 is 0 Å². The van der Waals surface area contributed by atoms with Crippen molar-refractivity contribution in [2.24, 2.45) is 5.73 Å². The standard InChI is InChI=1S/C25H35N3O2/c1-3-12-23(19(2)26)28-24(29)17-8-5-11-18-27-25(30)22-16-10-9-15-21(22)20-13-6-4-7-14-20/h3,9-10,12,15-16,20H,1-2,4-8,11,13-14,17-18,26H2,(H,27,30)(H,28,29)/b23-12+. The summed E-state index contributed by atoms with van der Waals surface area (Å²) < 4.78 is 0. The van der Waals surface area contributed by atoms with E-state index in [1.807, 2.05) is 18.2 Å². The SMILES string of the molecule is C=C/C=C(/NC(=O)CCCCCNC(=O)c1ccccc1C1CCCCC1)C(=C)N. The summed E-state index contributed by atoms with van der Waals surface area (Å²) in [6, 6.07) is 8.00. The van der Waals surface area contributed by atoms with Crippen LogP contribution in [-0.2, 0) is 4.79 Å². The van der Waals surface area contributed by atoms with E-state index in [4.69, 9.17) is 5.73 Å². The molecule has 1 aromatic carbocycles. The van der Waals surface area contributed by atoms with Crippen LogP contribution in [0.15, 0.2) is 61.0 Å². The number of carbonyl (C=O) groups is 2. The van der Waals surface area contributed by atoms with Crippen molar-refractivity contribution >= 4 is 11.8 Å². The van der Waals surface area contributed by atoms with Crippen molar-refractivity contribution in [1.82, 2.24) is 10.6 Å². The molecule has 30 heavy (non-hydrogen) atoms. The Bertz CT molecular complexity index is 776. The van der Waals surface area contributed by atoms with Crippen molar-refractivity contribution in [3.8, 4) is 0 Å². The van der Waals surface area contributed by atoms with Gasteiger partial charge in [-0.2, -0.15) is 0 Å². The molecule has 0 atom stereocenters. The lowest BCUT2D eigenvalue weighted by molar-refractivity contribution is -0.120. The van der Waals surface area contributed by atoms with Gasteiger partial charge in [-0.25, -0.2) is 0 Å². The molecule has 4 N–H and O–H groups in total. The van der Waals surface area contributed by atoms with Crippen LogP contribution in [0.5, 0.6) is 0 Å². The Morgan fingerprint density at radius 2 is 1.83 bits per heavy atom. The van der Waals surface area contributed by atoms with Crippen molar-refractivity contribution in [1.29, 1.82) is 0 Å². The third-order valence-corrected chi connectivity index (χ3v) is 5.52. The largest absolute Gasteiger partial charge is 0.398 e. The highest BCUT2D eigenvalue weighted by Gasteiger charge is 2.20. The topological polar surface area (TPSA) is 84.2 Å². The van der Waals surface area contributed by atoms with Crippen molar-refractivity contribution in [2.45, 2.75) is 63.7 Å². The van der Waals surface area contributed by atoms with Crippen molar-refractivity contribution < 1.29 is 9.59 Å². The Balaban J connectivity index is 1.71. The molecule has 0 bridgehead atoms. The first-order valence-corrected chi connectivity index (χ1v) is 11.0. The van der Waals surface area contributed by atoms with E-state index < -0.39 is 0 Å². The number of rotatable bonds is 11. The Kier molecular flexibility index (Phi) is 9.92. The van der Waals surface area contributed by atoms with E-state index in [1.165, 1.54) is 37.7 Å². The minimum absolute atomic E-state index is 0.00887. The van der Waals surface area contributed by atoms with Gasteiger partial charge in [0.1, 0.15) is 0 Å². The molecule has 0 aliphatic heterocycles. The number of amides is 2. The lowest BCUT2D eigenvalue weighted by atomic mass is 9.82. The summed E-state index contributed by atoms with van der Waals surface area (Å²) in [5.41, 5.74) is 8.43. The summed E-state index contributed by atoms with van der Waals surface area (Å²) in [5, 5.41) is 5.78. The van der Waals surface area contributed by atoms with Crippen molar-refractivity contribution in [2.75, 3.05) is 6.54 Å². The average Bonchev–Trinajstić information content (AvgIpc) is 2.76. The van der Waals surface area contributed by atoms with Gasteiger partial charge in [0.25, 0.3) is 5.91 Å². The van der Waals surface area contributed by atoms with Gasteiger partial charge in [0.2, 0.25) is 5.91 Å². The molecule has 1 aliphatic rings. The molecule has 2 amide bonds. The van der Waals surface area contributed by atoms with E-state index in [9.17, 15) is 9.59 Å². The molecule has 0 aromatic heterocycles. The highest BCUT2D eigenvalue weighted by Crippen LogP contribution is 2.34. The third kappa shape index (κ3) is 7.54. The number of hydrogen-bond donors (Lipinski definition) is 3. The molecule has 0 saturated heterocycles. The van der Waals surface area contributed by atoms with Crippen LogP contribution in [0, 0.1) is 0 Å². The fraction of sp³-hybridized carbons (Fsp3) is 0.440. The summed E-state index contributed by atoms with van der Waals surface area (Å²) in [6.45, 7) is 7.84. The highest BCUT2D eigenvalue weighted by atomic mass is 16.2. The number of nitrogens with one attached hydrogen (secondary N) is 2. The van der Waals surface area contributed by atoms with Crippen LogP contribution in [0.25, 0.3) is 0 Å². The highest BCUT2D eigenvalue weighted by molar-refractivity contribution is 5.95. The number of unbranched alkanes of at least 4 members (excludes halogenated alkanes) is 2. The van der Waals surface area contributed by atoms with E-state index in [0.717, 1.165) is 24.8 Å². The van der Waals surface area contributed by atoms with Crippen LogP contribution >= 0.6 is 0 Å². The normalized spacial score (nSPS) is 14.7. The first-order chi connectivity index (χ1) is 14.5. The van der Waals surface area contributed by atoms with Gasteiger partial charge in [-0.1, -0.05) is 63.1 Å². The average molecular weight is 410 g/mol. The molecule has 1 saturated carbocycles. The van der Waals surface area contributed by atoms with Gasteiger partial charge in [-0.3, -0.25) is 9.59 Å². The van der Waals surface area contributed by atoms with Gasteiger partial charge in [0, 0.05) is 24.2 Å². The predicted molar refractivity (Wildman–Crippen MR) is 123 cm³/mol. The Morgan fingerprint density at radius 1 is 1.10 bits per heavy atom. The van der Waals surface area contributed by atoms with Crippen LogP contribution in [0.1, 0.15) is 79.6 Å². The molecule has 162 valence electrons. The maximum absolute atomic E-state index is 12.7. The van der Waals surface area contributed by atoms with Gasteiger partial charge in [0.05, 0.1) is 5.70 Å². The zero-order chi connectivity index (χ0) is 21.8. The maximum Gasteiger partial charge on any atom is 0.251 e. The summed E-state index contributed by atoms with van der Waals surface area (Å²) in [7, 11) is 0. The quantitative estimate of drug-likeness (QED) is 0.366. The van der Waals surface area contributed by atoms with Crippen LogP contribution in [-0.4, -0.2) is 18.4 Å². The minimum Gasteiger partial charge on any atom is -0.398 e. The molecular weight excluding hydrogens is 374 g/mol. The second-order valence-electron chi connectivity index (χ2n) is 7.88. The Hall–Kier alpha value is -2.82. The minimum atomic E-state index is -0.0971. The van der Waals surface area contributed by atoms with Crippen LogP contribution in [0.3, 0.4) is 0 Å². The number of allylic oxidation sites excluding steroid dienone is 2. The summed E-state index contributed by atoms with van der Waals surface area (Å²) in [6.07, 6.45) is 12.2. The molecule has 5 heteroatoms. The van der Waals surface area contributed by atoms with Crippen molar-refractivity contribution in [3.63, 3.8) is 0 Å². The van der Waals surface area contributed by atoms with Crippen LogP contribution in [0.2, 0.25) is 0 Å². The molecule has 0 radical (unpaired) electrons. The number of hydrogen-bond acceptors (Lipinski definition) is 3. The number of carbonyl (C=O) groups excluding carboxylic acids is 2. The lowest BCUT2D eigenvalue weighted by Gasteiger charge is -2.24. The van der Waals surface area contributed by atoms with Crippen LogP contribution < -0.4 is 16.4 Å². The first-order valence-electron chi connectivity index (χ1n) is 11.0. The van der Waals surface area contributed by atoms with Gasteiger partial charge < -0.3 is 16.4 Å². The number of nitrogens with two attached hydrogens (primary N) is 1. The van der Waals surface area contributed by atoms with Crippen molar-refractivity contribution in [3.05, 3.63) is 72.1 Å². The van der Waals surface area contributed by atoms with E-state index in [0.29, 0.717) is 30.3 Å². The van der Waals surface area contributed by atoms with E-state index >= 15 is 0 Å². The molecule has 0 heterocycles. The molecule has 1 fully saturated rings. The Labute approximate surface area is 180 Å². The summed E-state index contributed by atoms with van der Waals surface area (Å²) >= 11 is 0. The van der Waals surface area contributed by atoms with Crippen LogP contribution in [0.4, 0.5) is 0 Å². The van der Waals surface area contributed by atoms with Gasteiger partial charge in [0.15, 0.2) is 0 Å². The zero-order valence-electron chi connectivity index (χ0n) is 17.9. The molecular formula is C25H35N3O2. The second-order valence-corrected chi connectivity index (χ2v) is 7.88. The van der Waals surface area contributed by atoms with E-state index in [2.05, 4.69) is 29.9 Å². The fourth-order valence-electron chi connectivity index (χ4n) is 3.92. The third-order valence-electron chi connectivity index (χ3n) is 5.52. The molecule has 0 spiro atoms. The summed E-state index contributed by atoms with van der Waals surface area (Å²) in [4.78, 5) is 24.7. The number of benzene rings is 1. The molecule has 1 aliphatic carbocycles. The molecule has 1 aromatic rings.